The molecule has 0 aliphatic carbocycles. The van der Waals surface area contributed by atoms with E-state index in [1.165, 1.54) is 19.3 Å². The van der Waals surface area contributed by atoms with Gasteiger partial charge in [-0.3, -0.25) is 4.79 Å². The Kier molecular flexibility index (Phi) is 5.93. The van der Waals surface area contributed by atoms with Gasteiger partial charge in [0.2, 0.25) is 4.90 Å². The molecule has 1 aliphatic rings. The molecule has 1 heterocycles. The second-order valence-corrected chi connectivity index (χ2v) is 7.25. The molecule has 0 aromatic heterocycles. The van der Waals surface area contributed by atoms with E-state index in [2.05, 4.69) is 0 Å². The lowest BCUT2D eigenvalue weighted by molar-refractivity contribution is 0.104. The van der Waals surface area contributed by atoms with E-state index in [1.807, 2.05) is 6.92 Å². The van der Waals surface area contributed by atoms with Gasteiger partial charge in [0, 0.05) is 23.3 Å². The summed E-state index contributed by atoms with van der Waals surface area (Å²) >= 11 is -1.25. The average Bonchev–Trinajstić information content (AvgIpc) is 3.03. The normalized spacial score (nSPS) is 15.4. The molecule has 27 heavy (non-hydrogen) atoms. The van der Waals surface area contributed by atoms with Crippen LogP contribution >= 0.6 is 0 Å². The number of benzene rings is 2. The topological polar surface area (TPSA) is 88.1 Å². The third-order valence-electron chi connectivity index (χ3n) is 3.97. The Balaban J connectivity index is 1.88. The average molecular weight is 388 g/mol. The van der Waals surface area contributed by atoms with Crippen molar-refractivity contribution in [3.8, 4) is 23.0 Å². The Morgan fingerprint density at radius 2 is 2.15 bits per heavy atom. The van der Waals surface area contributed by atoms with Crippen molar-refractivity contribution in [2.75, 3.05) is 19.7 Å². The molecule has 0 bridgehead atoms. The molecule has 2 aromatic rings. The van der Waals surface area contributed by atoms with Crippen LogP contribution < -0.4 is 14.2 Å². The fourth-order valence-corrected chi connectivity index (χ4v) is 3.55. The second kappa shape index (κ2) is 8.37. The third-order valence-corrected chi connectivity index (χ3v) is 5.11. The van der Waals surface area contributed by atoms with E-state index < -0.39 is 11.2 Å². The summed E-state index contributed by atoms with van der Waals surface area (Å²) in [5.74, 6) is 0.990. The number of carbonyl (C=O) groups is 1. The molecule has 1 unspecified atom stereocenters. The summed E-state index contributed by atoms with van der Waals surface area (Å²) in [5, 5.41) is 9.84. The highest BCUT2D eigenvalue weighted by atomic mass is 32.2. The van der Waals surface area contributed by atoms with Crippen LogP contribution in [0.2, 0.25) is 0 Å². The van der Waals surface area contributed by atoms with Gasteiger partial charge in [0.05, 0.1) is 19.3 Å². The number of hydrogen-bond acceptors (Lipinski definition) is 6. The van der Waals surface area contributed by atoms with Crippen LogP contribution in [0.4, 0.5) is 0 Å². The van der Waals surface area contributed by atoms with Gasteiger partial charge in [-0.25, -0.2) is 0 Å². The molecular weight excluding hydrogens is 368 g/mol. The molecule has 0 fully saturated rings. The quantitative estimate of drug-likeness (QED) is 0.443. The molecule has 0 radical (unpaired) electrons. The molecule has 1 atom stereocenters. The Hall–Kier alpha value is -2.64. The number of aromatic hydroxyl groups is 1. The van der Waals surface area contributed by atoms with Crippen LogP contribution in [0, 0.1) is 0 Å². The van der Waals surface area contributed by atoms with Crippen molar-refractivity contribution < 1.29 is 28.7 Å². The van der Waals surface area contributed by atoms with Crippen molar-refractivity contribution in [3.63, 3.8) is 0 Å². The highest BCUT2D eigenvalue weighted by Crippen LogP contribution is 2.37. The maximum atomic E-state index is 12.7. The lowest BCUT2D eigenvalue weighted by Gasteiger charge is -2.10. The fraction of sp³-hybridized carbons (Fsp3) is 0.250. The first-order valence-electron chi connectivity index (χ1n) is 8.45. The van der Waals surface area contributed by atoms with Crippen molar-refractivity contribution >= 4 is 23.0 Å². The Bertz CT molecular complexity index is 877. The summed E-state index contributed by atoms with van der Waals surface area (Å²) in [6, 6.07) is 8.05. The highest BCUT2D eigenvalue weighted by molar-refractivity contribution is 7.91. The van der Waals surface area contributed by atoms with Gasteiger partial charge < -0.3 is 23.9 Å². The van der Waals surface area contributed by atoms with Gasteiger partial charge in [-0.2, -0.15) is 0 Å². The van der Waals surface area contributed by atoms with E-state index in [9.17, 15) is 14.5 Å². The number of rotatable bonds is 7. The van der Waals surface area contributed by atoms with Gasteiger partial charge in [-0.1, -0.05) is 19.1 Å². The molecule has 6 nitrogen and oxygen atoms in total. The molecule has 7 heteroatoms. The van der Waals surface area contributed by atoms with Gasteiger partial charge in [0.25, 0.3) is 5.94 Å². The van der Waals surface area contributed by atoms with Crippen LogP contribution in [0.15, 0.2) is 41.3 Å². The van der Waals surface area contributed by atoms with Crippen molar-refractivity contribution in [1.29, 1.82) is 0 Å². The van der Waals surface area contributed by atoms with Crippen molar-refractivity contribution in [1.82, 2.24) is 0 Å². The number of ketones is 1. The maximum Gasteiger partial charge on any atom is 0.250 e. The molecule has 0 spiro atoms. The largest absolute Gasteiger partial charge is 0.609 e. The van der Waals surface area contributed by atoms with Crippen LogP contribution in [-0.2, 0) is 11.2 Å². The number of carbonyl (C=O) groups excluding carboxylic acids is 1. The molecule has 0 saturated heterocycles. The number of phenols is 1. The summed E-state index contributed by atoms with van der Waals surface area (Å²) in [4.78, 5) is 13.2. The predicted octanol–water partition coefficient (Wildman–Crippen LogP) is 3.54. The highest BCUT2D eigenvalue weighted by Gasteiger charge is 2.29. The van der Waals surface area contributed by atoms with Crippen LogP contribution in [0.1, 0.15) is 29.3 Å². The van der Waals surface area contributed by atoms with Crippen LogP contribution in [0.25, 0.3) is 6.08 Å². The van der Waals surface area contributed by atoms with E-state index in [4.69, 9.17) is 14.2 Å². The first-order valence-corrected chi connectivity index (χ1v) is 9.76. The third kappa shape index (κ3) is 4.20. The molecule has 1 aliphatic heterocycles. The summed E-state index contributed by atoms with van der Waals surface area (Å²) in [7, 11) is 1.47. The number of ether oxygens (including phenoxy) is 3. The number of fused-ring (bicyclic) bond motifs is 1. The van der Waals surface area contributed by atoms with Crippen LogP contribution in [0.5, 0.6) is 23.0 Å². The summed E-state index contributed by atoms with van der Waals surface area (Å²) in [5.41, 5.74) is 0.992. The predicted molar refractivity (Wildman–Crippen MR) is 102 cm³/mol. The Labute approximate surface area is 160 Å². The van der Waals surface area contributed by atoms with Gasteiger partial charge >= 0.3 is 0 Å². The first-order chi connectivity index (χ1) is 13.0. The minimum atomic E-state index is -1.25. The fourth-order valence-electron chi connectivity index (χ4n) is 2.61. The molecule has 0 saturated carbocycles. The summed E-state index contributed by atoms with van der Waals surface area (Å²) in [6.07, 6.45) is 3.77. The Morgan fingerprint density at radius 3 is 2.85 bits per heavy atom. The minimum Gasteiger partial charge on any atom is -0.609 e. The zero-order chi connectivity index (χ0) is 19.4. The lowest BCUT2D eigenvalue weighted by atomic mass is 10.1. The van der Waals surface area contributed by atoms with E-state index in [1.54, 1.807) is 30.3 Å². The zero-order valence-corrected chi connectivity index (χ0v) is 15.9. The summed E-state index contributed by atoms with van der Waals surface area (Å²) in [6.45, 7) is 2.41. The summed E-state index contributed by atoms with van der Waals surface area (Å²) < 4.78 is 28.0. The smallest absolute Gasteiger partial charge is 0.250 e. The zero-order valence-electron chi connectivity index (χ0n) is 15.1. The number of hydrogen-bond donors (Lipinski definition) is 1. The maximum absolute atomic E-state index is 12.7. The first kappa shape index (κ1) is 19.1. The Morgan fingerprint density at radius 1 is 1.33 bits per heavy atom. The standard InChI is InChI=1S/C20H20O6S/c1-3-8-25-18-11-20-19(26-12-27(20)23)10-14(18)15(21)6-4-13-5-7-17(24-2)16(22)9-13/h4-7,9-11,22H,3,8,12H2,1-2H3. The van der Waals surface area contributed by atoms with E-state index >= 15 is 0 Å². The van der Waals surface area contributed by atoms with Gasteiger partial charge in [0.1, 0.15) is 5.75 Å². The van der Waals surface area contributed by atoms with E-state index in [0.717, 1.165) is 6.42 Å². The molecule has 0 amide bonds. The molecule has 3 rings (SSSR count). The molecule has 2 aromatic carbocycles. The van der Waals surface area contributed by atoms with Gasteiger partial charge in [-0.15, -0.1) is 0 Å². The van der Waals surface area contributed by atoms with E-state index in [-0.39, 0.29) is 17.5 Å². The molecule has 142 valence electrons. The van der Waals surface area contributed by atoms with Crippen molar-refractivity contribution in [2.45, 2.75) is 18.2 Å². The van der Waals surface area contributed by atoms with Crippen molar-refractivity contribution in [3.05, 3.63) is 47.5 Å². The van der Waals surface area contributed by atoms with Crippen LogP contribution in [0.3, 0.4) is 0 Å². The van der Waals surface area contributed by atoms with Crippen molar-refractivity contribution in [2.24, 2.45) is 0 Å². The number of allylic oxidation sites excluding steroid dienone is 1. The lowest BCUT2D eigenvalue weighted by Crippen LogP contribution is -2.05. The number of phenolic OH excluding ortho intramolecular Hbond substituents is 1. The monoisotopic (exact) mass is 388 g/mol. The van der Waals surface area contributed by atoms with Gasteiger partial charge in [-0.05, 0) is 30.2 Å². The van der Waals surface area contributed by atoms with Crippen LogP contribution in [-0.4, -0.2) is 35.1 Å². The minimum absolute atomic E-state index is 0.00697. The second-order valence-electron chi connectivity index (χ2n) is 5.88. The number of methoxy groups -OCH3 is 1. The molecule has 1 N–H and O–H groups in total. The van der Waals surface area contributed by atoms with E-state index in [0.29, 0.717) is 39.9 Å². The SMILES string of the molecule is CCCOc1cc2c(cc1C(=O)C=Cc1ccc(OC)c(O)c1)OC[S+]2[O-]. The molecular formula is C20H20O6S. The van der Waals surface area contributed by atoms with Gasteiger partial charge in [0.15, 0.2) is 23.0 Å².